The zero-order valence-corrected chi connectivity index (χ0v) is 11.8. The van der Waals surface area contributed by atoms with Crippen molar-refractivity contribution < 1.29 is 33.1 Å². The van der Waals surface area contributed by atoms with Crippen LogP contribution in [0, 0.1) is 0 Å². The third kappa shape index (κ3) is 4.48. The molecule has 1 aliphatic rings. The Morgan fingerprint density at radius 2 is 1.78 bits per heavy atom. The van der Waals surface area contributed by atoms with Crippen LogP contribution in [0.4, 0.5) is 0 Å². The molecule has 0 bridgehead atoms. The van der Waals surface area contributed by atoms with E-state index in [9.17, 15) is 9.46 Å². The normalized spacial score (nSPS) is 19.6. The molecule has 0 aromatic heterocycles. The summed E-state index contributed by atoms with van der Waals surface area (Å²) < 4.78 is 17.4. The maximum absolute atomic E-state index is 12.1. The number of benzene rings is 1. The average molecular weight is 260 g/mol. The van der Waals surface area contributed by atoms with E-state index in [1.807, 2.05) is 18.2 Å². The largest absolute Gasteiger partial charge is 1.00 e. The molecule has 1 aromatic carbocycles. The molecule has 0 heterocycles. The molecule has 0 saturated heterocycles. The fourth-order valence-corrected chi connectivity index (χ4v) is 3.95. The fraction of sp³-hybridized carbons (Fsp3) is 0.538. The van der Waals surface area contributed by atoms with Crippen LogP contribution in [0.25, 0.3) is 0 Å². The summed E-state index contributed by atoms with van der Waals surface area (Å²) in [4.78, 5) is 12.1. The SMILES string of the molecule is O=P([O-])(COc1ccccc1)C1CCCCC1.[Li+]. The molecule has 1 aliphatic carbocycles. The van der Waals surface area contributed by atoms with Gasteiger partial charge in [0.15, 0.2) is 0 Å². The van der Waals surface area contributed by atoms with Crippen LogP contribution in [0.5, 0.6) is 5.75 Å². The Hall–Kier alpha value is -0.193. The molecule has 2 rings (SSSR count). The maximum atomic E-state index is 12.1. The third-order valence-corrected chi connectivity index (χ3v) is 5.40. The molecule has 18 heavy (non-hydrogen) atoms. The summed E-state index contributed by atoms with van der Waals surface area (Å²) >= 11 is 0. The summed E-state index contributed by atoms with van der Waals surface area (Å²) in [5.41, 5.74) is -0.167. The second-order valence-electron chi connectivity index (χ2n) is 4.60. The van der Waals surface area contributed by atoms with E-state index in [1.165, 1.54) is 0 Å². The zero-order chi connectivity index (χ0) is 12.1. The van der Waals surface area contributed by atoms with Gasteiger partial charge in [0.2, 0.25) is 0 Å². The Bertz CT molecular complexity index is 390. The van der Waals surface area contributed by atoms with Crippen LogP contribution in [-0.4, -0.2) is 12.0 Å². The van der Waals surface area contributed by atoms with Gasteiger partial charge in [0.1, 0.15) is 12.1 Å². The quantitative estimate of drug-likeness (QED) is 0.565. The second-order valence-corrected chi connectivity index (χ2v) is 7.05. The monoisotopic (exact) mass is 260 g/mol. The van der Waals surface area contributed by atoms with E-state index in [2.05, 4.69) is 0 Å². The molecule has 1 saturated carbocycles. The summed E-state index contributed by atoms with van der Waals surface area (Å²) in [7, 11) is -3.41. The standard InChI is InChI=1S/C13H19O3P.Li/c14-17(15,13-9-5-2-6-10-13)11-16-12-7-3-1-4-8-12;/h1,3-4,7-8,13H,2,5-6,9-11H2,(H,14,15);/q;+1/p-1. The first kappa shape index (κ1) is 15.9. The van der Waals surface area contributed by atoms with Crippen molar-refractivity contribution in [3.05, 3.63) is 30.3 Å². The van der Waals surface area contributed by atoms with E-state index in [1.54, 1.807) is 12.1 Å². The van der Waals surface area contributed by atoms with Gasteiger partial charge in [-0.1, -0.05) is 37.5 Å². The predicted octanol–water partition coefficient (Wildman–Crippen LogP) is -0.00200. The summed E-state index contributed by atoms with van der Waals surface area (Å²) in [5, 5.41) is 0. The predicted molar refractivity (Wildman–Crippen MR) is 66.4 cm³/mol. The minimum atomic E-state index is -3.41. The van der Waals surface area contributed by atoms with Crippen molar-refractivity contribution in [2.24, 2.45) is 0 Å². The molecule has 1 aromatic rings. The van der Waals surface area contributed by atoms with Gasteiger partial charge in [0.25, 0.3) is 0 Å². The van der Waals surface area contributed by atoms with E-state index in [-0.39, 0.29) is 30.9 Å². The van der Waals surface area contributed by atoms with Crippen LogP contribution in [0.2, 0.25) is 0 Å². The van der Waals surface area contributed by atoms with Crippen molar-refractivity contribution in [1.82, 2.24) is 0 Å². The summed E-state index contributed by atoms with van der Waals surface area (Å²) in [5.74, 6) is 0.624. The minimum absolute atomic E-state index is 0. The first-order chi connectivity index (χ1) is 8.18. The number of rotatable bonds is 4. The summed E-state index contributed by atoms with van der Waals surface area (Å²) in [6.07, 6.45) is 4.67. The van der Waals surface area contributed by atoms with Crippen LogP contribution in [0.15, 0.2) is 30.3 Å². The Balaban J connectivity index is 0.00000162. The van der Waals surface area contributed by atoms with Gasteiger partial charge < -0.3 is 14.2 Å². The second kappa shape index (κ2) is 7.41. The van der Waals surface area contributed by atoms with Gasteiger partial charge in [-0.15, -0.1) is 0 Å². The number of para-hydroxylation sites is 1. The summed E-state index contributed by atoms with van der Waals surface area (Å²) in [6.45, 7) is 0. The van der Waals surface area contributed by atoms with Crippen molar-refractivity contribution >= 4 is 7.37 Å². The topological polar surface area (TPSA) is 49.4 Å². The number of hydrogen-bond donors (Lipinski definition) is 0. The van der Waals surface area contributed by atoms with Crippen molar-refractivity contribution in [2.45, 2.75) is 37.8 Å². The first-order valence-corrected chi connectivity index (χ1v) is 8.04. The molecule has 0 spiro atoms. The van der Waals surface area contributed by atoms with E-state index in [0.29, 0.717) is 5.75 Å². The van der Waals surface area contributed by atoms with Crippen molar-refractivity contribution in [3.63, 3.8) is 0 Å². The molecule has 0 amide bonds. The van der Waals surface area contributed by atoms with Crippen LogP contribution in [0.1, 0.15) is 32.1 Å². The molecular weight excluding hydrogens is 242 g/mol. The molecule has 1 fully saturated rings. The summed E-state index contributed by atoms with van der Waals surface area (Å²) in [6, 6.07) is 9.11. The Kier molecular flexibility index (Phi) is 6.53. The van der Waals surface area contributed by atoms with E-state index >= 15 is 0 Å². The molecule has 0 N–H and O–H groups in total. The molecule has 5 heteroatoms. The molecule has 3 nitrogen and oxygen atoms in total. The third-order valence-electron chi connectivity index (χ3n) is 3.29. The molecule has 0 radical (unpaired) electrons. The maximum Gasteiger partial charge on any atom is 1.00 e. The van der Waals surface area contributed by atoms with E-state index < -0.39 is 7.37 Å². The zero-order valence-electron chi connectivity index (χ0n) is 10.9. The van der Waals surface area contributed by atoms with Gasteiger partial charge in [-0.05, 0) is 25.0 Å². The first-order valence-electron chi connectivity index (χ1n) is 6.16. The number of ether oxygens (including phenoxy) is 1. The number of hydrogen-bond acceptors (Lipinski definition) is 3. The Morgan fingerprint density at radius 1 is 1.17 bits per heavy atom. The van der Waals surface area contributed by atoms with Crippen LogP contribution in [-0.2, 0) is 4.57 Å². The molecule has 1 unspecified atom stereocenters. The van der Waals surface area contributed by atoms with E-state index in [4.69, 9.17) is 4.74 Å². The smallest absolute Gasteiger partial charge is 0.797 e. The van der Waals surface area contributed by atoms with Crippen LogP contribution < -0.4 is 28.5 Å². The van der Waals surface area contributed by atoms with Crippen molar-refractivity contribution in [3.8, 4) is 5.75 Å². The van der Waals surface area contributed by atoms with E-state index in [0.717, 1.165) is 32.1 Å². The Morgan fingerprint density at radius 3 is 2.39 bits per heavy atom. The van der Waals surface area contributed by atoms with Gasteiger partial charge in [0, 0.05) is 5.66 Å². The van der Waals surface area contributed by atoms with Gasteiger partial charge in [0.05, 0.1) is 7.37 Å². The minimum Gasteiger partial charge on any atom is -0.797 e. The molecule has 0 aliphatic heterocycles. The Labute approximate surface area is 121 Å². The van der Waals surface area contributed by atoms with Gasteiger partial charge >= 0.3 is 18.9 Å². The van der Waals surface area contributed by atoms with Crippen LogP contribution >= 0.6 is 7.37 Å². The van der Waals surface area contributed by atoms with Crippen molar-refractivity contribution in [2.75, 3.05) is 6.35 Å². The van der Waals surface area contributed by atoms with Gasteiger partial charge in [-0.3, -0.25) is 0 Å². The molecule has 94 valence electrons. The van der Waals surface area contributed by atoms with Gasteiger partial charge in [-0.2, -0.15) is 0 Å². The average Bonchev–Trinajstić information content (AvgIpc) is 2.39. The fourth-order valence-electron chi connectivity index (χ4n) is 2.26. The van der Waals surface area contributed by atoms with Crippen LogP contribution in [0.3, 0.4) is 0 Å². The molecular formula is C13H18LiO3P. The van der Waals surface area contributed by atoms with Gasteiger partial charge in [-0.25, -0.2) is 0 Å². The van der Waals surface area contributed by atoms with Crippen molar-refractivity contribution in [1.29, 1.82) is 0 Å². The molecule has 1 atom stereocenters.